The number of methoxy groups -OCH3 is 1. The first-order valence-electron chi connectivity index (χ1n) is 11.2. The van der Waals surface area contributed by atoms with Crippen molar-refractivity contribution in [2.45, 2.75) is 6.42 Å². The predicted molar refractivity (Wildman–Crippen MR) is 133 cm³/mol. The summed E-state index contributed by atoms with van der Waals surface area (Å²) in [6.07, 6.45) is 4.32. The summed E-state index contributed by atoms with van der Waals surface area (Å²) in [4.78, 5) is 34.3. The van der Waals surface area contributed by atoms with Crippen molar-refractivity contribution >= 4 is 16.8 Å². The van der Waals surface area contributed by atoms with Crippen LogP contribution >= 0.6 is 0 Å². The van der Waals surface area contributed by atoms with Crippen molar-refractivity contribution in [3.63, 3.8) is 0 Å². The monoisotopic (exact) mass is 499 g/mol. The summed E-state index contributed by atoms with van der Waals surface area (Å²) in [7, 11) is 1.52. The van der Waals surface area contributed by atoms with Gasteiger partial charge in [0.2, 0.25) is 0 Å². The third kappa shape index (κ3) is 4.92. The molecule has 0 atom stereocenters. The molecular weight excluding hydrogens is 480 g/mol. The smallest absolute Gasteiger partial charge is 0.265 e. The van der Waals surface area contributed by atoms with Crippen LogP contribution in [0.2, 0.25) is 0 Å². The van der Waals surface area contributed by atoms with Crippen molar-refractivity contribution in [3.05, 3.63) is 118 Å². The van der Waals surface area contributed by atoms with Crippen LogP contribution in [0.25, 0.3) is 16.7 Å². The van der Waals surface area contributed by atoms with E-state index in [9.17, 15) is 18.4 Å². The molecule has 0 aliphatic carbocycles. The summed E-state index contributed by atoms with van der Waals surface area (Å²) in [5.74, 6) is -0.818. The van der Waals surface area contributed by atoms with Crippen molar-refractivity contribution in [3.8, 4) is 22.9 Å². The molecule has 0 saturated heterocycles. The van der Waals surface area contributed by atoms with Gasteiger partial charge in [-0.1, -0.05) is 6.07 Å². The molecule has 0 fully saturated rings. The topological polar surface area (TPSA) is 83.3 Å². The van der Waals surface area contributed by atoms with Gasteiger partial charge in [-0.2, -0.15) is 0 Å². The van der Waals surface area contributed by atoms with Gasteiger partial charge in [0, 0.05) is 36.6 Å². The SMILES string of the molecule is COc1cnc2c(Oc3ccc(CC(=O)c4cccn(-c5ccc(F)cc5)c4=O)cc3F)ccnc2c1. The summed E-state index contributed by atoms with van der Waals surface area (Å²) in [5, 5.41) is 0. The minimum Gasteiger partial charge on any atom is -0.495 e. The molecule has 0 amide bonds. The number of carbonyl (C=O) groups is 1. The number of hydrogen-bond donors (Lipinski definition) is 0. The van der Waals surface area contributed by atoms with Crippen molar-refractivity contribution < 1.29 is 23.0 Å². The number of ketones is 1. The van der Waals surface area contributed by atoms with Crippen molar-refractivity contribution in [2.24, 2.45) is 0 Å². The zero-order valence-corrected chi connectivity index (χ0v) is 19.5. The number of fused-ring (bicyclic) bond motifs is 1. The van der Waals surface area contributed by atoms with Gasteiger partial charge in [-0.25, -0.2) is 13.8 Å². The highest BCUT2D eigenvalue weighted by molar-refractivity contribution is 5.97. The lowest BCUT2D eigenvalue weighted by Gasteiger charge is -2.11. The molecule has 37 heavy (non-hydrogen) atoms. The molecule has 0 radical (unpaired) electrons. The summed E-state index contributed by atoms with van der Waals surface area (Å²) in [6.45, 7) is 0. The molecule has 0 spiro atoms. The Labute approximate surface area is 209 Å². The fourth-order valence-electron chi connectivity index (χ4n) is 3.83. The Morgan fingerprint density at radius 3 is 2.54 bits per heavy atom. The number of rotatable bonds is 7. The van der Waals surface area contributed by atoms with E-state index in [1.165, 1.54) is 72.7 Å². The van der Waals surface area contributed by atoms with Gasteiger partial charge in [-0.15, -0.1) is 0 Å². The third-order valence-electron chi connectivity index (χ3n) is 5.68. The van der Waals surface area contributed by atoms with E-state index in [2.05, 4.69) is 9.97 Å². The Bertz CT molecular complexity index is 1680. The van der Waals surface area contributed by atoms with Gasteiger partial charge >= 0.3 is 0 Å². The van der Waals surface area contributed by atoms with Crippen LogP contribution < -0.4 is 15.0 Å². The van der Waals surface area contributed by atoms with E-state index in [0.717, 1.165) is 0 Å². The first kappa shape index (κ1) is 23.8. The van der Waals surface area contributed by atoms with E-state index in [0.29, 0.717) is 33.8 Å². The van der Waals surface area contributed by atoms with Crippen molar-refractivity contribution in [2.75, 3.05) is 7.11 Å². The second-order valence-corrected chi connectivity index (χ2v) is 8.09. The lowest BCUT2D eigenvalue weighted by Crippen LogP contribution is -2.25. The molecule has 7 nitrogen and oxygen atoms in total. The molecule has 5 aromatic rings. The largest absolute Gasteiger partial charge is 0.495 e. The van der Waals surface area contributed by atoms with Gasteiger partial charge in [0.05, 0.1) is 24.4 Å². The molecule has 0 bridgehead atoms. The molecule has 5 rings (SSSR count). The lowest BCUT2D eigenvalue weighted by molar-refractivity contribution is 0.0991. The highest BCUT2D eigenvalue weighted by Crippen LogP contribution is 2.31. The number of benzene rings is 2. The number of hydrogen-bond acceptors (Lipinski definition) is 6. The molecule has 184 valence electrons. The quantitative estimate of drug-likeness (QED) is 0.283. The maximum absolute atomic E-state index is 14.9. The Balaban J connectivity index is 1.36. The standard InChI is InChI=1S/C28H19F2N3O4/c1-36-20-15-23-27(32-16-20)26(10-11-31-23)37-25-9-4-17(13-22(25)30)14-24(34)21-3-2-12-33(28(21)35)19-7-5-18(29)6-8-19/h2-13,15-16H,14H2,1H3. The second-order valence-electron chi connectivity index (χ2n) is 8.09. The molecule has 3 heterocycles. The van der Waals surface area contributed by atoms with E-state index < -0.39 is 23.0 Å². The van der Waals surface area contributed by atoms with E-state index in [-0.39, 0.29) is 17.7 Å². The molecule has 0 unspecified atom stereocenters. The molecule has 0 aliphatic heterocycles. The number of carbonyl (C=O) groups excluding carboxylic acids is 1. The Hall–Kier alpha value is -4.92. The fourth-order valence-corrected chi connectivity index (χ4v) is 3.83. The third-order valence-corrected chi connectivity index (χ3v) is 5.68. The van der Waals surface area contributed by atoms with Gasteiger partial charge in [-0.05, 0) is 54.1 Å². The number of halogens is 2. The Morgan fingerprint density at radius 2 is 1.78 bits per heavy atom. The minimum atomic E-state index is -0.680. The van der Waals surface area contributed by atoms with Gasteiger partial charge in [-0.3, -0.25) is 19.1 Å². The maximum atomic E-state index is 14.9. The molecule has 0 N–H and O–H groups in total. The molecule has 0 aliphatic rings. The van der Waals surface area contributed by atoms with E-state index >= 15 is 0 Å². The van der Waals surface area contributed by atoms with Crippen LogP contribution in [-0.4, -0.2) is 27.4 Å². The Kier molecular flexibility index (Phi) is 6.42. The van der Waals surface area contributed by atoms with E-state index in [1.807, 2.05) is 0 Å². The van der Waals surface area contributed by atoms with Crippen LogP contribution in [0.15, 0.2) is 90.1 Å². The van der Waals surface area contributed by atoms with Crippen LogP contribution in [0.1, 0.15) is 15.9 Å². The lowest BCUT2D eigenvalue weighted by atomic mass is 10.0. The summed E-state index contributed by atoms with van der Waals surface area (Å²) >= 11 is 0. The molecule has 2 aromatic carbocycles. The second kappa shape index (κ2) is 9.98. The first-order chi connectivity index (χ1) is 17.9. The molecule has 3 aromatic heterocycles. The maximum Gasteiger partial charge on any atom is 0.265 e. The summed E-state index contributed by atoms with van der Waals surface area (Å²) < 4.78 is 40.3. The van der Waals surface area contributed by atoms with Crippen LogP contribution in [0.5, 0.6) is 17.2 Å². The number of Topliss-reactive ketones (excluding diaryl/α,β-unsaturated/α-hetero) is 1. The van der Waals surface area contributed by atoms with Gasteiger partial charge in [0.25, 0.3) is 5.56 Å². The normalized spacial score (nSPS) is 10.9. The zero-order chi connectivity index (χ0) is 25.9. The average molecular weight is 499 g/mol. The summed E-state index contributed by atoms with van der Waals surface area (Å²) in [6, 6.07) is 15.7. The van der Waals surface area contributed by atoms with Gasteiger partial charge in [0.15, 0.2) is 23.1 Å². The highest BCUT2D eigenvalue weighted by atomic mass is 19.1. The fraction of sp³-hybridized carbons (Fsp3) is 0.0714. The van der Waals surface area contributed by atoms with Crippen molar-refractivity contribution in [1.82, 2.24) is 14.5 Å². The summed E-state index contributed by atoms with van der Waals surface area (Å²) in [5.41, 5.74) is 1.14. The van der Waals surface area contributed by atoms with Crippen LogP contribution in [0.4, 0.5) is 8.78 Å². The van der Waals surface area contributed by atoms with E-state index in [4.69, 9.17) is 9.47 Å². The van der Waals surface area contributed by atoms with Gasteiger partial charge in [0.1, 0.15) is 17.1 Å². The van der Waals surface area contributed by atoms with Gasteiger partial charge < -0.3 is 9.47 Å². The van der Waals surface area contributed by atoms with E-state index in [1.54, 1.807) is 24.3 Å². The predicted octanol–water partition coefficient (Wildman–Crippen LogP) is 5.29. The number of nitrogens with zero attached hydrogens (tertiary/aromatic N) is 3. The molecule has 9 heteroatoms. The average Bonchev–Trinajstić information content (AvgIpc) is 2.90. The number of aromatic nitrogens is 3. The molecular formula is C28H19F2N3O4. The van der Waals surface area contributed by atoms with Crippen molar-refractivity contribution in [1.29, 1.82) is 0 Å². The highest BCUT2D eigenvalue weighted by Gasteiger charge is 2.16. The van der Waals surface area contributed by atoms with Crippen LogP contribution in [-0.2, 0) is 6.42 Å². The number of ether oxygens (including phenoxy) is 2. The van der Waals surface area contributed by atoms with Crippen LogP contribution in [0.3, 0.4) is 0 Å². The van der Waals surface area contributed by atoms with Crippen LogP contribution in [0, 0.1) is 11.6 Å². The molecule has 0 saturated carbocycles. The first-order valence-corrected chi connectivity index (χ1v) is 11.2. The number of pyridine rings is 3. The Morgan fingerprint density at radius 1 is 0.973 bits per heavy atom. The minimum absolute atomic E-state index is 0.0558. The zero-order valence-electron chi connectivity index (χ0n) is 19.5.